The van der Waals surface area contributed by atoms with Crippen molar-refractivity contribution in [1.29, 1.82) is 0 Å². The van der Waals surface area contributed by atoms with E-state index < -0.39 is 12.0 Å². The van der Waals surface area contributed by atoms with Crippen LogP contribution in [0.25, 0.3) is 0 Å². The number of carbonyl (C=O) groups excluding carboxylic acids is 1. The minimum Gasteiger partial charge on any atom is -0.480 e. The van der Waals surface area contributed by atoms with E-state index in [1.165, 1.54) is 0 Å². The van der Waals surface area contributed by atoms with Gasteiger partial charge in [-0.15, -0.1) is 0 Å². The molecule has 0 saturated carbocycles. The summed E-state index contributed by atoms with van der Waals surface area (Å²) >= 11 is 0. The van der Waals surface area contributed by atoms with Crippen molar-refractivity contribution in [3.8, 4) is 0 Å². The molecule has 1 heterocycles. The topological polar surface area (TPSA) is 69.6 Å². The normalized spacial score (nSPS) is 20.7. The van der Waals surface area contributed by atoms with E-state index in [9.17, 15) is 14.7 Å². The Morgan fingerprint density at radius 2 is 1.71 bits per heavy atom. The number of likely N-dealkylation sites (tertiary alicyclic amines) is 1. The van der Waals surface area contributed by atoms with Gasteiger partial charge in [-0.3, -0.25) is 0 Å². The van der Waals surface area contributed by atoms with E-state index in [1.807, 2.05) is 13.8 Å². The van der Waals surface area contributed by atoms with Gasteiger partial charge in [-0.2, -0.15) is 0 Å². The van der Waals surface area contributed by atoms with Gasteiger partial charge in [-0.05, 0) is 24.2 Å². The number of rotatable bonds is 6. The Bertz CT molecular complexity index is 357. The van der Waals surface area contributed by atoms with Crippen LogP contribution in [0, 0.1) is 11.3 Å². The Morgan fingerprint density at radius 1 is 1.19 bits per heavy atom. The Morgan fingerprint density at radius 3 is 2.10 bits per heavy atom. The van der Waals surface area contributed by atoms with E-state index in [2.05, 4.69) is 19.2 Å². The first-order valence-electron chi connectivity index (χ1n) is 8.17. The lowest BCUT2D eigenvalue weighted by molar-refractivity contribution is -0.140. The Hall–Kier alpha value is -1.26. The molecule has 2 atom stereocenters. The standard InChI is InChI=1S/C16H30N2O3/c1-5-12(4)13(14(19)20)17-15(21)18-10-8-16(6-2,7-3)9-11-18/h12-13H,5-11H2,1-4H3,(H,17,21)(H,19,20). The van der Waals surface area contributed by atoms with Gasteiger partial charge in [0.25, 0.3) is 0 Å². The molecule has 0 aromatic carbocycles. The largest absolute Gasteiger partial charge is 0.480 e. The monoisotopic (exact) mass is 298 g/mol. The van der Waals surface area contributed by atoms with Crippen LogP contribution >= 0.6 is 0 Å². The molecule has 0 aromatic rings. The second-order valence-corrected chi connectivity index (χ2v) is 6.35. The van der Waals surface area contributed by atoms with Crippen molar-refractivity contribution in [3.63, 3.8) is 0 Å². The summed E-state index contributed by atoms with van der Waals surface area (Å²) in [6.45, 7) is 9.66. The number of hydrogen-bond donors (Lipinski definition) is 2. The van der Waals surface area contributed by atoms with E-state index in [0.717, 1.165) is 45.2 Å². The van der Waals surface area contributed by atoms with Crippen LogP contribution < -0.4 is 5.32 Å². The summed E-state index contributed by atoms with van der Waals surface area (Å²) in [4.78, 5) is 25.3. The van der Waals surface area contributed by atoms with E-state index in [1.54, 1.807) is 4.90 Å². The minimum atomic E-state index is -0.953. The number of nitrogens with one attached hydrogen (secondary N) is 1. The molecule has 0 aliphatic carbocycles. The molecule has 2 N–H and O–H groups in total. The SMILES string of the molecule is CCC(C)C(NC(=O)N1CCC(CC)(CC)CC1)C(=O)O. The van der Waals surface area contributed by atoms with Crippen molar-refractivity contribution in [2.45, 2.75) is 65.8 Å². The number of carbonyl (C=O) groups is 2. The third kappa shape index (κ3) is 4.35. The van der Waals surface area contributed by atoms with Crippen LogP contribution in [0.15, 0.2) is 0 Å². The number of piperidine rings is 1. The minimum absolute atomic E-state index is 0.0679. The molecule has 5 heteroatoms. The molecule has 2 amide bonds. The van der Waals surface area contributed by atoms with Crippen LogP contribution in [0.2, 0.25) is 0 Å². The zero-order chi connectivity index (χ0) is 16.0. The first-order valence-corrected chi connectivity index (χ1v) is 8.17. The van der Waals surface area contributed by atoms with Crippen molar-refractivity contribution in [2.75, 3.05) is 13.1 Å². The molecule has 21 heavy (non-hydrogen) atoms. The van der Waals surface area contributed by atoms with Crippen molar-refractivity contribution in [3.05, 3.63) is 0 Å². The molecule has 5 nitrogen and oxygen atoms in total. The fourth-order valence-electron chi connectivity index (χ4n) is 3.05. The fraction of sp³-hybridized carbons (Fsp3) is 0.875. The highest BCUT2D eigenvalue weighted by Crippen LogP contribution is 2.37. The number of carboxylic acids is 1. The second kappa shape index (κ2) is 7.66. The highest BCUT2D eigenvalue weighted by atomic mass is 16.4. The first-order chi connectivity index (χ1) is 9.89. The predicted octanol–water partition coefficient (Wildman–Crippen LogP) is 3.10. The lowest BCUT2D eigenvalue weighted by Gasteiger charge is -2.41. The average Bonchev–Trinajstić information content (AvgIpc) is 2.51. The fourth-order valence-corrected chi connectivity index (χ4v) is 3.05. The van der Waals surface area contributed by atoms with Gasteiger partial charge in [-0.25, -0.2) is 9.59 Å². The highest BCUT2D eigenvalue weighted by molar-refractivity contribution is 5.82. The number of nitrogens with zero attached hydrogens (tertiary/aromatic N) is 1. The highest BCUT2D eigenvalue weighted by Gasteiger charge is 2.34. The van der Waals surface area contributed by atoms with Gasteiger partial charge in [-0.1, -0.05) is 47.0 Å². The molecular weight excluding hydrogens is 268 g/mol. The molecule has 1 saturated heterocycles. The molecule has 1 rings (SSSR count). The Kier molecular flexibility index (Phi) is 6.49. The maximum atomic E-state index is 12.3. The second-order valence-electron chi connectivity index (χ2n) is 6.35. The van der Waals surface area contributed by atoms with Crippen molar-refractivity contribution in [2.24, 2.45) is 11.3 Å². The van der Waals surface area contributed by atoms with Gasteiger partial charge in [0.1, 0.15) is 6.04 Å². The summed E-state index contributed by atoms with van der Waals surface area (Å²) in [7, 11) is 0. The number of aliphatic carboxylic acids is 1. The molecular formula is C16H30N2O3. The molecule has 0 aromatic heterocycles. The Labute approximate surface area is 128 Å². The van der Waals surface area contributed by atoms with Gasteiger partial charge in [0.15, 0.2) is 0 Å². The number of urea groups is 1. The third-order valence-electron chi connectivity index (χ3n) is 5.37. The maximum Gasteiger partial charge on any atom is 0.326 e. The maximum absolute atomic E-state index is 12.3. The van der Waals surface area contributed by atoms with E-state index in [-0.39, 0.29) is 11.9 Å². The summed E-state index contributed by atoms with van der Waals surface area (Å²) in [5.74, 6) is -1.02. The van der Waals surface area contributed by atoms with E-state index >= 15 is 0 Å². The average molecular weight is 298 g/mol. The van der Waals surface area contributed by atoms with Gasteiger partial charge in [0, 0.05) is 13.1 Å². The first kappa shape index (κ1) is 17.8. The van der Waals surface area contributed by atoms with Crippen LogP contribution in [0.5, 0.6) is 0 Å². The number of carboxylic acid groups (broad SMARTS) is 1. The molecule has 2 unspecified atom stereocenters. The van der Waals surface area contributed by atoms with Crippen LogP contribution in [0.1, 0.15) is 59.8 Å². The molecule has 1 aliphatic rings. The smallest absolute Gasteiger partial charge is 0.326 e. The van der Waals surface area contributed by atoms with Crippen LogP contribution in [-0.2, 0) is 4.79 Å². The van der Waals surface area contributed by atoms with E-state index in [4.69, 9.17) is 0 Å². The van der Waals surface area contributed by atoms with Crippen molar-refractivity contribution >= 4 is 12.0 Å². The lowest BCUT2D eigenvalue weighted by atomic mass is 9.74. The molecule has 1 fully saturated rings. The molecule has 0 bridgehead atoms. The number of amides is 2. The number of hydrogen-bond acceptors (Lipinski definition) is 2. The van der Waals surface area contributed by atoms with Crippen LogP contribution in [0.4, 0.5) is 4.79 Å². The summed E-state index contributed by atoms with van der Waals surface area (Å²) < 4.78 is 0. The summed E-state index contributed by atoms with van der Waals surface area (Å²) in [6, 6.07) is -1.03. The van der Waals surface area contributed by atoms with Gasteiger partial charge in [0.05, 0.1) is 0 Å². The summed E-state index contributed by atoms with van der Waals surface area (Å²) in [5.41, 5.74) is 0.361. The van der Waals surface area contributed by atoms with Gasteiger partial charge >= 0.3 is 12.0 Å². The predicted molar refractivity (Wildman–Crippen MR) is 83.2 cm³/mol. The van der Waals surface area contributed by atoms with Crippen molar-refractivity contribution in [1.82, 2.24) is 10.2 Å². The zero-order valence-corrected chi connectivity index (χ0v) is 13.8. The van der Waals surface area contributed by atoms with Crippen molar-refractivity contribution < 1.29 is 14.7 Å². The molecule has 0 spiro atoms. The summed E-state index contributed by atoms with van der Waals surface area (Å²) in [6.07, 6.45) is 5.03. The van der Waals surface area contributed by atoms with Gasteiger partial charge in [0.2, 0.25) is 0 Å². The molecule has 1 aliphatic heterocycles. The van der Waals surface area contributed by atoms with Gasteiger partial charge < -0.3 is 15.3 Å². The molecule has 122 valence electrons. The third-order valence-corrected chi connectivity index (χ3v) is 5.37. The molecule has 0 radical (unpaired) electrons. The van der Waals surface area contributed by atoms with Crippen LogP contribution in [-0.4, -0.2) is 41.1 Å². The summed E-state index contributed by atoms with van der Waals surface area (Å²) in [5, 5.41) is 11.9. The lowest BCUT2D eigenvalue weighted by Crippen LogP contribution is -2.53. The Balaban J connectivity index is 2.59. The zero-order valence-electron chi connectivity index (χ0n) is 13.8. The quantitative estimate of drug-likeness (QED) is 0.791. The van der Waals surface area contributed by atoms with Crippen LogP contribution in [0.3, 0.4) is 0 Å². The van der Waals surface area contributed by atoms with E-state index in [0.29, 0.717) is 5.41 Å².